The Morgan fingerprint density at radius 2 is 2.04 bits per heavy atom. The van der Waals surface area contributed by atoms with Crippen molar-refractivity contribution in [3.8, 4) is 0 Å². The molecule has 1 aliphatic heterocycles. The average molecular weight is 409 g/mol. The van der Waals surface area contributed by atoms with Crippen LogP contribution in [0.2, 0.25) is 10.0 Å². The fourth-order valence-corrected chi connectivity index (χ4v) is 4.50. The highest BCUT2D eigenvalue weighted by Gasteiger charge is 2.20. The zero-order chi connectivity index (χ0) is 18.7. The molecule has 0 aliphatic carbocycles. The van der Waals surface area contributed by atoms with Gasteiger partial charge in [0, 0.05) is 23.7 Å². The van der Waals surface area contributed by atoms with Gasteiger partial charge in [-0.2, -0.15) is 0 Å². The first kappa shape index (κ1) is 19.4. The molecule has 1 fully saturated rings. The van der Waals surface area contributed by atoms with Crippen LogP contribution in [0, 0.1) is 6.92 Å². The molecule has 26 heavy (non-hydrogen) atoms. The lowest BCUT2D eigenvalue weighted by atomic mass is 10.1. The van der Waals surface area contributed by atoms with Crippen LogP contribution in [0.1, 0.15) is 41.3 Å². The van der Waals surface area contributed by atoms with Gasteiger partial charge in [-0.1, -0.05) is 42.6 Å². The van der Waals surface area contributed by atoms with Crippen LogP contribution in [0.3, 0.4) is 0 Å². The van der Waals surface area contributed by atoms with Gasteiger partial charge in [-0.3, -0.25) is 4.79 Å². The summed E-state index contributed by atoms with van der Waals surface area (Å²) in [6, 6.07) is 9.78. The summed E-state index contributed by atoms with van der Waals surface area (Å²) < 4.78 is 2.16. The summed E-state index contributed by atoms with van der Waals surface area (Å²) in [5.41, 5.74) is 4.45. The topological polar surface area (TPSA) is 32.3 Å². The Labute approximate surface area is 169 Å². The Morgan fingerprint density at radius 3 is 2.73 bits per heavy atom. The summed E-state index contributed by atoms with van der Waals surface area (Å²) in [4.78, 5) is 12.9. The zero-order valence-corrected chi connectivity index (χ0v) is 17.3. The largest absolute Gasteiger partial charge is 0.322 e. The van der Waals surface area contributed by atoms with E-state index in [2.05, 4.69) is 22.6 Å². The quantitative estimate of drug-likeness (QED) is 0.583. The van der Waals surface area contributed by atoms with Crippen molar-refractivity contribution in [1.29, 1.82) is 0 Å². The monoisotopic (exact) mass is 408 g/mol. The van der Waals surface area contributed by atoms with E-state index in [1.54, 1.807) is 11.9 Å². The van der Waals surface area contributed by atoms with Crippen molar-refractivity contribution in [2.24, 2.45) is 0 Å². The van der Waals surface area contributed by atoms with Crippen LogP contribution in [-0.4, -0.2) is 18.2 Å². The van der Waals surface area contributed by atoms with E-state index in [9.17, 15) is 4.79 Å². The minimum absolute atomic E-state index is 0.240. The van der Waals surface area contributed by atoms with Gasteiger partial charge in [-0.25, -0.2) is 0 Å². The Kier molecular flexibility index (Phi) is 6.38. The molecule has 3 rings (SSSR count). The first-order valence-corrected chi connectivity index (χ1v) is 10.5. The van der Waals surface area contributed by atoms with Crippen LogP contribution >= 0.6 is 35.1 Å². The standard InChI is InChI=1S/C20H22Cl2N2OS/c1-3-5-14-8-13(2)9-15(10-14)23-20(25)17-11-16(12-18(21)19(17)22)24-6-4-7-26-24/h8-12H,3-7H2,1-2H3,(H,23,25). The molecule has 0 radical (unpaired) electrons. The molecule has 0 unspecified atom stereocenters. The molecule has 1 N–H and O–H groups in total. The molecule has 6 heteroatoms. The van der Waals surface area contributed by atoms with Crippen LogP contribution in [0.25, 0.3) is 0 Å². The molecule has 2 aromatic rings. The highest BCUT2D eigenvalue weighted by Crippen LogP contribution is 2.36. The number of aryl methyl sites for hydroxylation is 2. The van der Waals surface area contributed by atoms with E-state index in [-0.39, 0.29) is 5.91 Å². The number of hydrogen-bond donors (Lipinski definition) is 1. The zero-order valence-electron chi connectivity index (χ0n) is 14.9. The van der Waals surface area contributed by atoms with Crippen molar-refractivity contribution in [3.05, 3.63) is 57.1 Å². The number of carbonyl (C=O) groups is 1. The van der Waals surface area contributed by atoms with Crippen LogP contribution < -0.4 is 9.62 Å². The van der Waals surface area contributed by atoms with Crippen LogP contribution in [0.4, 0.5) is 11.4 Å². The van der Waals surface area contributed by atoms with Gasteiger partial charge in [0.25, 0.3) is 5.91 Å². The number of amides is 1. The predicted octanol–water partition coefficient (Wildman–Crippen LogP) is 6.36. The van der Waals surface area contributed by atoms with Gasteiger partial charge in [0.15, 0.2) is 0 Å². The lowest BCUT2D eigenvalue weighted by Crippen LogP contribution is -2.15. The molecular formula is C20H22Cl2N2OS. The van der Waals surface area contributed by atoms with E-state index < -0.39 is 0 Å². The van der Waals surface area contributed by atoms with Crippen molar-refractivity contribution in [3.63, 3.8) is 0 Å². The first-order valence-electron chi connectivity index (χ1n) is 8.79. The van der Waals surface area contributed by atoms with Gasteiger partial charge in [0.05, 0.1) is 15.6 Å². The molecule has 0 spiro atoms. The average Bonchev–Trinajstić information content (AvgIpc) is 3.11. The van der Waals surface area contributed by atoms with Gasteiger partial charge >= 0.3 is 0 Å². The van der Waals surface area contributed by atoms with Crippen molar-refractivity contribution >= 4 is 52.4 Å². The highest BCUT2D eigenvalue weighted by atomic mass is 35.5. The van der Waals surface area contributed by atoms with Crippen molar-refractivity contribution in [1.82, 2.24) is 0 Å². The molecule has 0 aromatic heterocycles. The minimum atomic E-state index is -0.240. The molecule has 1 saturated heterocycles. The van der Waals surface area contributed by atoms with Gasteiger partial charge in [-0.15, -0.1) is 0 Å². The fourth-order valence-electron chi connectivity index (χ4n) is 3.10. The minimum Gasteiger partial charge on any atom is -0.322 e. The molecular weight excluding hydrogens is 387 g/mol. The van der Waals surface area contributed by atoms with Gasteiger partial charge in [0.1, 0.15) is 0 Å². The maximum atomic E-state index is 12.9. The highest BCUT2D eigenvalue weighted by molar-refractivity contribution is 8.00. The number of benzene rings is 2. The van der Waals surface area contributed by atoms with Gasteiger partial charge in [0.2, 0.25) is 0 Å². The summed E-state index contributed by atoms with van der Waals surface area (Å²) in [5, 5.41) is 3.67. The van der Waals surface area contributed by atoms with Crippen LogP contribution in [0.5, 0.6) is 0 Å². The molecule has 2 aromatic carbocycles. The summed E-state index contributed by atoms with van der Waals surface area (Å²) in [6.07, 6.45) is 3.17. The maximum absolute atomic E-state index is 12.9. The summed E-state index contributed by atoms with van der Waals surface area (Å²) >= 11 is 14.4. The fraction of sp³-hybridized carbons (Fsp3) is 0.350. The second-order valence-corrected chi connectivity index (χ2v) is 8.38. The SMILES string of the molecule is CCCc1cc(C)cc(NC(=O)c2cc(N3CCCS3)cc(Cl)c2Cl)c1. The summed E-state index contributed by atoms with van der Waals surface area (Å²) in [5.74, 6) is 0.835. The second-order valence-electron chi connectivity index (χ2n) is 6.49. The Morgan fingerprint density at radius 1 is 1.23 bits per heavy atom. The normalized spacial score (nSPS) is 13.9. The Bertz CT molecular complexity index is 820. The van der Waals surface area contributed by atoms with E-state index in [0.29, 0.717) is 15.6 Å². The van der Waals surface area contributed by atoms with Crippen molar-refractivity contribution in [2.75, 3.05) is 21.9 Å². The number of hydrogen-bond acceptors (Lipinski definition) is 3. The van der Waals surface area contributed by atoms with Gasteiger partial charge < -0.3 is 9.62 Å². The summed E-state index contributed by atoms with van der Waals surface area (Å²) in [6.45, 7) is 5.12. The number of nitrogens with zero attached hydrogens (tertiary/aromatic N) is 1. The number of rotatable bonds is 5. The lowest BCUT2D eigenvalue weighted by molar-refractivity contribution is 0.102. The van der Waals surface area contributed by atoms with Crippen LogP contribution in [0.15, 0.2) is 30.3 Å². The molecule has 1 heterocycles. The molecule has 0 atom stereocenters. The second kappa shape index (κ2) is 8.55. The lowest BCUT2D eigenvalue weighted by Gasteiger charge is -2.18. The predicted molar refractivity (Wildman–Crippen MR) is 114 cm³/mol. The van der Waals surface area contributed by atoms with E-state index >= 15 is 0 Å². The number of anilines is 2. The molecule has 0 saturated carbocycles. The number of halogens is 2. The van der Waals surface area contributed by atoms with Crippen molar-refractivity contribution in [2.45, 2.75) is 33.1 Å². The summed E-state index contributed by atoms with van der Waals surface area (Å²) in [7, 11) is 0. The number of carbonyl (C=O) groups excluding carboxylic acids is 1. The van der Waals surface area contributed by atoms with E-state index in [0.717, 1.165) is 48.5 Å². The van der Waals surface area contributed by atoms with E-state index in [1.807, 2.05) is 31.2 Å². The van der Waals surface area contributed by atoms with Crippen LogP contribution in [-0.2, 0) is 6.42 Å². The molecule has 0 bridgehead atoms. The Balaban J connectivity index is 1.87. The molecule has 3 nitrogen and oxygen atoms in total. The van der Waals surface area contributed by atoms with Crippen molar-refractivity contribution < 1.29 is 4.79 Å². The molecule has 1 amide bonds. The Hall–Kier alpha value is -1.36. The third kappa shape index (κ3) is 4.48. The third-order valence-electron chi connectivity index (χ3n) is 4.23. The third-order valence-corrected chi connectivity index (χ3v) is 6.21. The number of nitrogens with one attached hydrogen (secondary N) is 1. The maximum Gasteiger partial charge on any atom is 0.257 e. The molecule has 138 valence electrons. The first-order chi connectivity index (χ1) is 12.5. The van der Waals surface area contributed by atoms with E-state index in [4.69, 9.17) is 23.2 Å². The molecule has 1 aliphatic rings. The smallest absolute Gasteiger partial charge is 0.257 e. The van der Waals surface area contributed by atoms with Gasteiger partial charge in [-0.05, 0) is 67.1 Å². The van der Waals surface area contributed by atoms with E-state index in [1.165, 1.54) is 5.56 Å².